The van der Waals surface area contributed by atoms with Crippen LogP contribution in [0.3, 0.4) is 0 Å². The van der Waals surface area contributed by atoms with Gasteiger partial charge >= 0.3 is 0 Å². The maximum atomic E-state index is 5.97. The fourth-order valence-electron chi connectivity index (χ4n) is 3.66. The Morgan fingerprint density at radius 3 is 2.43 bits per heavy atom. The zero-order valence-electron chi connectivity index (χ0n) is 14.4. The number of nitrogens with zero attached hydrogens (tertiary/aromatic N) is 2. The molecule has 0 aliphatic carbocycles. The maximum absolute atomic E-state index is 5.97. The summed E-state index contributed by atoms with van der Waals surface area (Å²) in [5, 5.41) is 0.813. The molecule has 1 fully saturated rings. The lowest BCUT2D eigenvalue weighted by atomic mass is 9.92. The van der Waals surface area contributed by atoms with Gasteiger partial charge in [0.15, 0.2) is 11.8 Å². The van der Waals surface area contributed by atoms with E-state index in [1.54, 1.807) is 0 Å². The minimum Gasteiger partial charge on any atom is -0.374 e. The summed E-state index contributed by atoms with van der Waals surface area (Å²) in [6, 6.07) is 8.23. The van der Waals surface area contributed by atoms with E-state index in [2.05, 4.69) is 47.7 Å². The highest BCUT2D eigenvalue weighted by molar-refractivity contribution is 6.30. The molecule has 124 valence electrons. The molecule has 3 rings (SSSR count). The number of likely N-dealkylation sites (tertiary alicyclic amines) is 1. The molecule has 1 aromatic carbocycles. The molecule has 2 aliphatic heterocycles. The molecule has 2 nitrogen and oxygen atoms in total. The first-order valence-corrected chi connectivity index (χ1v) is 9.23. The van der Waals surface area contributed by atoms with E-state index >= 15 is 0 Å². The van der Waals surface area contributed by atoms with Crippen molar-refractivity contribution in [3.05, 3.63) is 46.6 Å². The lowest BCUT2D eigenvalue weighted by Crippen LogP contribution is -2.44. The topological polar surface area (TPSA) is 6.25 Å². The van der Waals surface area contributed by atoms with Crippen LogP contribution < -0.4 is 0 Å². The number of hydrogen-bond acceptors (Lipinski definition) is 1. The van der Waals surface area contributed by atoms with Crippen molar-refractivity contribution in [2.24, 2.45) is 0 Å². The Hall–Kier alpha value is -1.28. The number of allylic oxidation sites excluding steroid dienone is 1. The molecule has 0 atom stereocenters. The van der Waals surface area contributed by atoms with Crippen molar-refractivity contribution >= 4 is 17.8 Å². The van der Waals surface area contributed by atoms with Crippen LogP contribution >= 0.6 is 11.6 Å². The van der Waals surface area contributed by atoms with Crippen molar-refractivity contribution in [2.45, 2.75) is 51.5 Å². The second-order valence-electron chi connectivity index (χ2n) is 7.41. The summed E-state index contributed by atoms with van der Waals surface area (Å²) >= 11 is 5.97. The zero-order chi connectivity index (χ0) is 16.3. The predicted molar refractivity (Wildman–Crippen MR) is 98.6 cm³/mol. The molecule has 0 spiro atoms. The third-order valence-corrected chi connectivity index (χ3v) is 5.41. The van der Waals surface area contributed by atoms with Gasteiger partial charge in [-0.1, -0.05) is 23.7 Å². The maximum Gasteiger partial charge on any atom is 0.165 e. The minimum absolute atomic E-state index is 0.188. The summed E-state index contributed by atoms with van der Waals surface area (Å²) < 4.78 is 2.50. The first-order chi connectivity index (χ1) is 11.0. The van der Waals surface area contributed by atoms with Gasteiger partial charge in [0.1, 0.15) is 6.54 Å². The van der Waals surface area contributed by atoms with Crippen molar-refractivity contribution < 1.29 is 4.58 Å². The number of rotatable bonds is 4. The molecule has 0 aromatic heterocycles. The van der Waals surface area contributed by atoms with E-state index in [4.69, 9.17) is 11.6 Å². The summed E-state index contributed by atoms with van der Waals surface area (Å²) in [5.74, 6) is 0. The molecule has 0 N–H and O–H groups in total. The molecule has 0 unspecified atom stereocenters. The molecule has 0 bridgehead atoms. The molecule has 2 heterocycles. The fraction of sp³-hybridized carbons (Fsp3) is 0.550. The highest BCUT2D eigenvalue weighted by Crippen LogP contribution is 2.27. The van der Waals surface area contributed by atoms with Gasteiger partial charge in [-0.15, -0.1) is 0 Å². The molecule has 2 aliphatic rings. The van der Waals surface area contributed by atoms with E-state index in [0.29, 0.717) is 0 Å². The van der Waals surface area contributed by atoms with Crippen LogP contribution in [0.4, 0.5) is 0 Å². The van der Waals surface area contributed by atoms with Crippen LogP contribution in [0.2, 0.25) is 5.02 Å². The van der Waals surface area contributed by atoms with Crippen molar-refractivity contribution in [1.82, 2.24) is 4.90 Å². The predicted octanol–water partition coefficient (Wildman–Crippen LogP) is 4.52. The molecule has 3 heteroatoms. The molecule has 23 heavy (non-hydrogen) atoms. The molecule has 0 radical (unpaired) electrons. The van der Waals surface area contributed by atoms with Gasteiger partial charge in [-0.3, -0.25) is 0 Å². The highest BCUT2D eigenvalue weighted by Gasteiger charge is 2.35. The van der Waals surface area contributed by atoms with Crippen molar-refractivity contribution in [1.29, 1.82) is 0 Å². The van der Waals surface area contributed by atoms with Crippen LogP contribution in [-0.4, -0.2) is 40.9 Å². The molecular formula is C20H28ClN2+. The van der Waals surface area contributed by atoms with E-state index in [1.807, 2.05) is 12.1 Å². The SMILES string of the molecule is CC1(C)CC(N2CCCCC2)=CC=[N+]1CCc1ccc(Cl)cc1. The standard InChI is InChI=1S/C20H28ClN2/c1-20(2)16-19(22-12-4-3-5-13-22)11-15-23(20)14-10-17-6-8-18(21)9-7-17/h6-9,11,15H,3-5,10,12-14,16H2,1-2H3/q+1. The van der Waals surface area contributed by atoms with Crippen LogP contribution in [0.15, 0.2) is 36.0 Å². The number of piperidine rings is 1. The molecular weight excluding hydrogens is 304 g/mol. The average Bonchev–Trinajstić information content (AvgIpc) is 2.55. The Kier molecular flexibility index (Phi) is 5.11. The van der Waals surface area contributed by atoms with Gasteiger partial charge in [0, 0.05) is 50.2 Å². The van der Waals surface area contributed by atoms with E-state index in [9.17, 15) is 0 Å². The Morgan fingerprint density at radius 2 is 1.78 bits per heavy atom. The molecule has 1 aromatic rings. The summed E-state index contributed by atoms with van der Waals surface area (Å²) in [7, 11) is 0. The summed E-state index contributed by atoms with van der Waals surface area (Å²) in [6.07, 6.45) is 10.9. The largest absolute Gasteiger partial charge is 0.374 e. The number of halogens is 1. The number of benzene rings is 1. The van der Waals surface area contributed by atoms with Crippen LogP contribution in [0.5, 0.6) is 0 Å². The Bertz CT molecular complexity index is 593. The van der Waals surface area contributed by atoms with Gasteiger partial charge in [-0.05, 0) is 37.0 Å². The van der Waals surface area contributed by atoms with Crippen LogP contribution in [0.1, 0.15) is 45.1 Å². The normalized spacial score (nSPS) is 20.9. The quantitative estimate of drug-likeness (QED) is 0.735. The third-order valence-electron chi connectivity index (χ3n) is 5.15. The van der Waals surface area contributed by atoms with Gasteiger partial charge in [-0.25, -0.2) is 4.58 Å². The summed E-state index contributed by atoms with van der Waals surface area (Å²) in [5.41, 5.74) is 3.07. The average molecular weight is 332 g/mol. The van der Waals surface area contributed by atoms with Crippen molar-refractivity contribution in [3.8, 4) is 0 Å². The van der Waals surface area contributed by atoms with E-state index in [-0.39, 0.29) is 5.54 Å². The first kappa shape index (κ1) is 16.6. The fourth-order valence-corrected chi connectivity index (χ4v) is 3.78. The van der Waals surface area contributed by atoms with Crippen LogP contribution in [0, 0.1) is 0 Å². The molecule has 1 saturated heterocycles. The third kappa shape index (κ3) is 4.17. The summed E-state index contributed by atoms with van der Waals surface area (Å²) in [6.45, 7) is 8.25. The smallest absolute Gasteiger partial charge is 0.165 e. The number of hydrogen-bond donors (Lipinski definition) is 0. The van der Waals surface area contributed by atoms with E-state index in [1.165, 1.54) is 43.6 Å². The second-order valence-corrected chi connectivity index (χ2v) is 7.85. The van der Waals surface area contributed by atoms with Crippen molar-refractivity contribution in [3.63, 3.8) is 0 Å². The lowest BCUT2D eigenvalue weighted by molar-refractivity contribution is -0.597. The molecule has 0 saturated carbocycles. The second kappa shape index (κ2) is 7.09. The van der Waals surface area contributed by atoms with E-state index < -0.39 is 0 Å². The molecule has 0 amide bonds. The van der Waals surface area contributed by atoms with Gasteiger partial charge in [0.05, 0.1) is 6.42 Å². The highest BCUT2D eigenvalue weighted by atomic mass is 35.5. The minimum atomic E-state index is 0.188. The van der Waals surface area contributed by atoms with Gasteiger partial charge in [-0.2, -0.15) is 0 Å². The Balaban J connectivity index is 1.67. The van der Waals surface area contributed by atoms with Crippen molar-refractivity contribution in [2.75, 3.05) is 19.6 Å². The Labute approximate surface area is 145 Å². The lowest BCUT2D eigenvalue weighted by Gasteiger charge is -2.36. The summed E-state index contributed by atoms with van der Waals surface area (Å²) in [4.78, 5) is 2.60. The zero-order valence-corrected chi connectivity index (χ0v) is 15.1. The van der Waals surface area contributed by atoms with Crippen LogP contribution in [-0.2, 0) is 6.42 Å². The van der Waals surface area contributed by atoms with Gasteiger partial charge in [0.2, 0.25) is 0 Å². The van der Waals surface area contributed by atoms with Gasteiger partial charge < -0.3 is 4.90 Å². The van der Waals surface area contributed by atoms with E-state index in [0.717, 1.165) is 24.4 Å². The first-order valence-electron chi connectivity index (χ1n) is 8.85. The Morgan fingerprint density at radius 1 is 1.09 bits per heavy atom. The van der Waals surface area contributed by atoms with Gasteiger partial charge in [0.25, 0.3) is 0 Å². The van der Waals surface area contributed by atoms with Crippen LogP contribution in [0.25, 0.3) is 0 Å². The monoisotopic (exact) mass is 331 g/mol.